The molecule has 0 aromatic rings. The van der Waals surface area contributed by atoms with Gasteiger partial charge in [0, 0.05) is 43.7 Å². The lowest BCUT2D eigenvalue weighted by Gasteiger charge is -2.61. The molecule has 2 aliphatic carbocycles. The molecule has 0 amide bonds. The van der Waals surface area contributed by atoms with Gasteiger partial charge in [-0.05, 0) is 42.7 Å². The van der Waals surface area contributed by atoms with E-state index in [1.54, 1.807) is 0 Å². The van der Waals surface area contributed by atoms with Crippen LogP contribution < -0.4 is 5.32 Å². The van der Waals surface area contributed by atoms with E-state index in [2.05, 4.69) is 33.6 Å². The van der Waals surface area contributed by atoms with Gasteiger partial charge in [-0.3, -0.25) is 9.89 Å². The fourth-order valence-electron chi connectivity index (χ4n) is 8.20. The van der Waals surface area contributed by atoms with E-state index in [1.807, 2.05) is 0 Å². The normalized spacial score (nSPS) is 43.8. The van der Waals surface area contributed by atoms with Crippen LogP contribution in [0.4, 0.5) is 0 Å². The highest BCUT2D eigenvalue weighted by atomic mass is 15.4. The summed E-state index contributed by atoms with van der Waals surface area (Å²) in [6.07, 6.45) is 22.8. The largest absolute Gasteiger partial charge is 0.358 e. The van der Waals surface area contributed by atoms with Crippen molar-refractivity contribution in [2.75, 3.05) is 26.3 Å². The Morgan fingerprint density at radius 1 is 0.828 bits per heavy atom. The molecule has 160 valence electrons. The van der Waals surface area contributed by atoms with Crippen molar-refractivity contribution in [3.05, 3.63) is 12.3 Å². The van der Waals surface area contributed by atoms with Gasteiger partial charge in [0.2, 0.25) is 0 Å². The maximum Gasteiger partial charge on any atom is 0.0921 e. The molecule has 4 heterocycles. The molecule has 1 N–H and O–H groups in total. The minimum atomic E-state index is 0.589. The first-order valence-corrected chi connectivity index (χ1v) is 12.8. The molecule has 4 fully saturated rings. The Hall–Kier alpha value is -0.870. The lowest BCUT2D eigenvalue weighted by atomic mass is 9.66. The Labute approximate surface area is 177 Å². The van der Waals surface area contributed by atoms with Crippen molar-refractivity contribution in [1.29, 1.82) is 0 Å². The van der Waals surface area contributed by atoms with E-state index < -0.39 is 0 Å². The van der Waals surface area contributed by atoms with Crippen LogP contribution in [0.2, 0.25) is 0 Å². The molecule has 0 spiro atoms. The third-order valence-corrected chi connectivity index (χ3v) is 9.45. The standard InChI is InChI=1S/C25H40N4/c1-3-7-18(8-4-1)22-16-28-17-27-15-21-14-26-13-20-11-12-29(25(28)23(20)21)24(22)19-9-5-2-6-10-19/h11-12,15,18-26H,1-10,13-14,16-17H2. The van der Waals surface area contributed by atoms with Crippen LogP contribution in [-0.2, 0) is 0 Å². The molecule has 6 atom stereocenters. The number of rotatable bonds is 2. The molecule has 0 radical (unpaired) electrons. The fourth-order valence-corrected chi connectivity index (χ4v) is 8.20. The number of hydrogen-bond acceptors (Lipinski definition) is 4. The molecule has 0 bridgehead atoms. The summed E-state index contributed by atoms with van der Waals surface area (Å²) in [7, 11) is 0. The van der Waals surface area contributed by atoms with Gasteiger partial charge in [-0.15, -0.1) is 0 Å². The molecule has 0 aromatic heterocycles. The average Bonchev–Trinajstić information content (AvgIpc) is 2.98. The van der Waals surface area contributed by atoms with Crippen molar-refractivity contribution >= 4 is 6.21 Å². The molecule has 2 saturated heterocycles. The van der Waals surface area contributed by atoms with E-state index in [4.69, 9.17) is 4.99 Å². The summed E-state index contributed by atoms with van der Waals surface area (Å²) >= 11 is 0. The minimum Gasteiger partial charge on any atom is -0.358 e. The molecule has 0 aromatic carbocycles. The molecular weight excluding hydrogens is 356 g/mol. The van der Waals surface area contributed by atoms with Gasteiger partial charge in [0.1, 0.15) is 0 Å². The van der Waals surface area contributed by atoms with Crippen molar-refractivity contribution in [3.63, 3.8) is 0 Å². The third-order valence-electron chi connectivity index (χ3n) is 9.45. The third kappa shape index (κ3) is 3.29. The van der Waals surface area contributed by atoms with Gasteiger partial charge in [-0.25, -0.2) is 0 Å². The lowest BCUT2D eigenvalue weighted by molar-refractivity contribution is -0.121. The van der Waals surface area contributed by atoms with Gasteiger partial charge in [-0.1, -0.05) is 57.4 Å². The molecule has 4 heteroatoms. The molecule has 6 rings (SSSR count). The molecule has 6 aliphatic rings. The second-order valence-electron chi connectivity index (χ2n) is 11.0. The number of piperidine rings is 1. The molecule has 4 nitrogen and oxygen atoms in total. The van der Waals surface area contributed by atoms with Crippen LogP contribution in [0.5, 0.6) is 0 Å². The van der Waals surface area contributed by atoms with E-state index in [-0.39, 0.29) is 0 Å². The quantitative estimate of drug-likeness (QED) is 0.762. The van der Waals surface area contributed by atoms with Gasteiger partial charge in [-0.2, -0.15) is 0 Å². The van der Waals surface area contributed by atoms with Crippen LogP contribution in [0.1, 0.15) is 64.2 Å². The Bertz CT molecular complexity index is 633. The van der Waals surface area contributed by atoms with Crippen LogP contribution in [0.15, 0.2) is 17.3 Å². The first-order valence-electron chi connectivity index (χ1n) is 12.8. The van der Waals surface area contributed by atoms with Gasteiger partial charge in [0.15, 0.2) is 0 Å². The Morgan fingerprint density at radius 2 is 1.55 bits per heavy atom. The molecule has 29 heavy (non-hydrogen) atoms. The Kier molecular flexibility index (Phi) is 5.20. The van der Waals surface area contributed by atoms with Crippen molar-refractivity contribution in [1.82, 2.24) is 15.1 Å². The van der Waals surface area contributed by atoms with Crippen LogP contribution in [0, 0.1) is 35.5 Å². The fraction of sp³-hybridized carbons (Fsp3) is 0.880. The Balaban J connectivity index is 1.38. The topological polar surface area (TPSA) is 30.9 Å². The highest BCUT2D eigenvalue weighted by Crippen LogP contribution is 2.48. The zero-order valence-corrected chi connectivity index (χ0v) is 18.1. The highest BCUT2D eigenvalue weighted by molar-refractivity contribution is 5.62. The smallest absolute Gasteiger partial charge is 0.0921 e. The van der Waals surface area contributed by atoms with Crippen LogP contribution >= 0.6 is 0 Å². The first-order chi connectivity index (χ1) is 14.4. The minimum absolute atomic E-state index is 0.589. The van der Waals surface area contributed by atoms with E-state index in [1.165, 1.54) is 70.8 Å². The summed E-state index contributed by atoms with van der Waals surface area (Å²) in [5, 5.41) is 3.69. The van der Waals surface area contributed by atoms with Crippen LogP contribution in [0.3, 0.4) is 0 Å². The second-order valence-corrected chi connectivity index (χ2v) is 11.0. The summed E-state index contributed by atoms with van der Waals surface area (Å²) in [4.78, 5) is 10.7. The molecule has 4 aliphatic heterocycles. The van der Waals surface area contributed by atoms with E-state index in [0.29, 0.717) is 18.0 Å². The van der Waals surface area contributed by atoms with Crippen molar-refractivity contribution < 1.29 is 0 Å². The average molecular weight is 397 g/mol. The van der Waals surface area contributed by atoms with Gasteiger partial charge < -0.3 is 10.2 Å². The van der Waals surface area contributed by atoms with Gasteiger partial charge in [0.05, 0.1) is 12.8 Å². The van der Waals surface area contributed by atoms with E-state index >= 15 is 0 Å². The molecular formula is C25H40N4. The lowest BCUT2D eigenvalue weighted by Crippen LogP contribution is -2.69. The zero-order chi connectivity index (χ0) is 19.2. The number of nitrogens with one attached hydrogen (secondary N) is 1. The summed E-state index contributed by atoms with van der Waals surface area (Å²) in [6, 6.07) is 0.783. The van der Waals surface area contributed by atoms with Gasteiger partial charge >= 0.3 is 0 Å². The summed E-state index contributed by atoms with van der Waals surface area (Å²) < 4.78 is 0. The second kappa shape index (κ2) is 8.00. The van der Waals surface area contributed by atoms with E-state index in [0.717, 1.165) is 49.5 Å². The number of hydrogen-bond donors (Lipinski definition) is 1. The van der Waals surface area contributed by atoms with Gasteiger partial charge in [0.25, 0.3) is 0 Å². The van der Waals surface area contributed by atoms with Crippen LogP contribution in [0.25, 0.3) is 0 Å². The summed E-state index contributed by atoms with van der Waals surface area (Å²) in [5.74, 6) is 4.73. The van der Waals surface area contributed by atoms with Crippen LogP contribution in [-0.4, -0.2) is 54.5 Å². The Morgan fingerprint density at radius 3 is 2.34 bits per heavy atom. The highest BCUT2D eigenvalue weighted by Gasteiger charge is 2.53. The van der Waals surface area contributed by atoms with Crippen molar-refractivity contribution in [2.45, 2.75) is 76.4 Å². The summed E-state index contributed by atoms with van der Waals surface area (Å²) in [5.41, 5.74) is 0. The molecule has 2 saturated carbocycles. The zero-order valence-electron chi connectivity index (χ0n) is 18.1. The predicted octanol–water partition coefficient (Wildman–Crippen LogP) is 4.10. The molecule has 6 unspecified atom stereocenters. The maximum atomic E-state index is 4.96. The monoisotopic (exact) mass is 396 g/mol. The predicted molar refractivity (Wildman–Crippen MR) is 119 cm³/mol. The first kappa shape index (κ1) is 18.9. The summed E-state index contributed by atoms with van der Waals surface area (Å²) in [6.45, 7) is 4.51. The number of nitrogens with zero attached hydrogens (tertiary/aromatic N) is 3. The van der Waals surface area contributed by atoms with Crippen molar-refractivity contribution in [3.8, 4) is 0 Å². The van der Waals surface area contributed by atoms with E-state index in [9.17, 15) is 0 Å². The maximum absolute atomic E-state index is 4.96. The SMILES string of the molecule is C1=CN2C(C3CCCCC3)C(C3CCCCC3)CN3CN=CC4CNCC1C4C32. The number of aliphatic imine (C=N–C) groups is 1. The van der Waals surface area contributed by atoms with Crippen molar-refractivity contribution in [2.24, 2.45) is 40.5 Å².